The van der Waals surface area contributed by atoms with E-state index in [0.29, 0.717) is 17.4 Å². The fraction of sp³-hybridized carbons (Fsp3) is 0.600. The molecule has 2 N–H and O–H groups in total. The molecule has 120 valence electrons. The summed E-state index contributed by atoms with van der Waals surface area (Å²) in [4.78, 5) is 0. The second-order valence-electron chi connectivity index (χ2n) is 5.53. The van der Waals surface area contributed by atoms with E-state index in [2.05, 4.69) is 0 Å². The van der Waals surface area contributed by atoms with Gasteiger partial charge >= 0.3 is 0 Å². The summed E-state index contributed by atoms with van der Waals surface area (Å²) >= 11 is 6.07. The molecule has 0 unspecified atom stereocenters. The molecule has 0 fully saturated rings. The number of primary sulfonamides is 1. The van der Waals surface area contributed by atoms with E-state index in [1.54, 1.807) is 12.1 Å². The number of benzene rings is 1. The lowest BCUT2D eigenvalue weighted by molar-refractivity contribution is 0.141. The SMILES string of the molecule is CCCC(CCC)(COc1ccccc1Cl)CS(N)(=O)=O. The van der Waals surface area contributed by atoms with Crippen molar-refractivity contribution in [2.45, 2.75) is 39.5 Å². The minimum Gasteiger partial charge on any atom is -0.491 e. The standard InChI is InChI=1S/C15H24ClNO3S/c1-3-9-15(10-4-2,12-21(17,18)19)11-20-14-8-6-5-7-13(14)16/h5-8H,3-4,9-12H2,1-2H3,(H2,17,18,19). The Morgan fingerprint density at radius 2 is 1.76 bits per heavy atom. The molecular formula is C15H24ClNO3S. The van der Waals surface area contributed by atoms with E-state index >= 15 is 0 Å². The molecule has 0 heterocycles. The molecule has 0 saturated carbocycles. The fourth-order valence-electron chi connectivity index (χ4n) is 2.74. The number of hydrogen-bond acceptors (Lipinski definition) is 3. The summed E-state index contributed by atoms with van der Waals surface area (Å²) in [5.41, 5.74) is -0.462. The monoisotopic (exact) mass is 333 g/mol. The van der Waals surface area contributed by atoms with Crippen LogP contribution in [0.4, 0.5) is 0 Å². The Labute approximate surface area is 132 Å². The first-order chi connectivity index (χ1) is 9.82. The molecule has 1 aromatic rings. The predicted octanol–water partition coefficient (Wildman–Crippen LogP) is 3.59. The molecule has 1 rings (SSSR count). The van der Waals surface area contributed by atoms with Crippen molar-refractivity contribution in [1.29, 1.82) is 0 Å². The van der Waals surface area contributed by atoms with Gasteiger partial charge in [-0.15, -0.1) is 0 Å². The third kappa shape index (κ3) is 6.24. The molecule has 1 aromatic carbocycles. The first kappa shape index (κ1) is 18.3. The molecule has 0 aliphatic heterocycles. The molecule has 0 amide bonds. The normalized spacial score (nSPS) is 12.4. The number of ether oxygens (including phenoxy) is 1. The van der Waals surface area contributed by atoms with Gasteiger partial charge in [-0.25, -0.2) is 13.6 Å². The molecule has 0 bridgehead atoms. The summed E-state index contributed by atoms with van der Waals surface area (Å²) in [6, 6.07) is 7.19. The van der Waals surface area contributed by atoms with Crippen LogP contribution < -0.4 is 9.88 Å². The van der Waals surface area contributed by atoms with Crippen LogP contribution in [0.3, 0.4) is 0 Å². The third-order valence-corrected chi connectivity index (χ3v) is 4.77. The summed E-state index contributed by atoms with van der Waals surface area (Å²) < 4.78 is 28.9. The quantitative estimate of drug-likeness (QED) is 0.750. The lowest BCUT2D eigenvalue weighted by Crippen LogP contribution is -2.38. The van der Waals surface area contributed by atoms with Gasteiger partial charge in [-0.3, -0.25) is 0 Å². The smallest absolute Gasteiger partial charge is 0.209 e. The molecular weight excluding hydrogens is 310 g/mol. The molecule has 0 aliphatic rings. The molecule has 0 radical (unpaired) electrons. The maximum Gasteiger partial charge on any atom is 0.209 e. The second-order valence-corrected chi connectivity index (χ2v) is 7.55. The van der Waals surface area contributed by atoms with Crippen molar-refractivity contribution >= 4 is 21.6 Å². The van der Waals surface area contributed by atoms with Gasteiger partial charge in [0.05, 0.1) is 17.4 Å². The highest BCUT2D eigenvalue weighted by Crippen LogP contribution is 2.33. The third-order valence-electron chi connectivity index (χ3n) is 3.44. The second kappa shape index (κ2) is 8.01. The zero-order valence-corrected chi connectivity index (χ0v) is 14.2. The minimum atomic E-state index is -3.55. The zero-order chi connectivity index (χ0) is 15.9. The van der Waals surface area contributed by atoms with Crippen molar-refractivity contribution in [3.63, 3.8) is 0 Å². The van der Waals surface area contributed by atoms with Crippen LogP contribution in [-0.4, -0.2) is 20.8 Å². The van der Waals surface area contributed by atoms with Crippen molar-refractivity contribution in [2.24, 2.45) is 10.6 Å². The van der Waals surface area contributed by atoms with Crippen molar-refractivity contribution in [3.8, 4) is 5.75 Å². The van der Waals surface area contributed by atoms with Crippen LogP contribution in [0.5, 0.6) is 5.75 Å². The number of halogens is 1. The summed E-state index contributed by atoms with van der Waals surface area (Å²) in [5, 5.41) is 5.79. The maximum atomic E-state index is 11.6. The van der Waals surface area contributed by atoms with Gasteiger partial charge < -0.3 is 4.74 Å². The number of rotatable bonds is 9. The summed E-state index contributed by atoms with van der Waals surface area (Å²) in [5.74, 6) is 0.511. The molecule has 0 aromatic heterocycles. The van der Waals surface area contributed by atoms with Crippen molar-refractivity contribution < 1.29 is 13.2 Å². The van der Waals surface area contributed by atoms with Crippen LogP contribution in [0.1, 0.15) is 39.5 Å². The minimum absolute atomic E-state index is 0.0634. The number of hydrogen-bond donors (Lipinski definition) is 1. The Hall–Kier alpha value is -0.780. The Morgan fingerprint density at radius 3 is 2.24 bits per heavy atom. The first-order valence-corrected chi connectivity index (χ1v) is 9.29. The molecule has 0 aliphatic carbocycles. The van der Waals surface area contributed by atoms with Gasteiger partial charge in [-0.1, -0.05) is 50.4 Å². The molecule has 0 spiro atoms. The Morgan fingerprint density at radius 1 is 1.19 bits per heavy atom. The van der Waals surface area contributed by atoms with Gasteiger partial charge in [0.2, 0.25) is 10.0 Å². The highest BCUT2D eigenvalue weighted by Gasteiger charge is 2.34. The molecule has 0 saturated heterocycles. The van der Waals surface area contributed by atoms with Crippen LogP contribution in [0.15, 0.2) is 24.3 Å². The number of sulfonamides is 1. The molecule has 0 atom stereocenters. The van der Waals surface area contributed by atoms with Crippen LogP contribution in [-0.2, 0) is 10.0 Å². The maximum absolute atomic E-state index is 11.6. The van der Waals surface area contributed by atoms with Gasteiger partial charge in [0.1, 0.15) is 5.75 Å². The highest BCUT2D eigenvalue weighted by molar-refractivity contribution is 7.89. The van der Waals surface area contributed by atoms with Gasteiger partial charge in [-0.05, 0) is 25.0 Å². The van der Waals surface area contributed by atoms with Crippen molar-refractivity contribution in [2.75, 3.05) is 12.4 Å². The van der Waals surface area contributed by atoms with Gasteiger partial charge in [0.25, 0.3) is 0 Å². The van der Waals surface area contributed by atoms with E-state index in [-0.39, 0.29) is 5.75 Å². The molecule has 6 heteroatoms. The summed E-state index contributed by atoms with van der Waals surface area (Å²) in [6.07, 6.45) is 3.26. The Bertz CT molecular complexity index is 540. The predicted molar refractivity (Wildman–Crippen MR) is 87.2 cm³/mol. The van der Waals surface area contributed by atoms with Crippen LogP contribution in [0.25, 0.3) is 0 Å². The first-order valence-electron chi connectivity index (χ1n) is 7.20. The lowest BCUT2D eigenvalue weighted by atomic mass is 9.82. The van der Waals surface area contributed by atoms with Gasteiger partial charge in [-0.2, -0.15) is 0 Å². The van der Waals surface area contributed by atoms with E-state index in [0.717, 1.165) is 25.7 Å². The summed E-state index contributed by atoms with van der Waals surface area (Å²) in [6.45, 7) is 4.36. The van der Waals surface area contributed by atoms with Crippen molar-refractivity contribution in [1.82, 2.24) is 0 Å². The van der Waals surface area contributed by atoms with E-state index in [9.17, 15) is 8.42 Å². The van der Waals surface area contributed by atoms with Crippen molar-refractivity contribution in [3.05, 3.63) is 29.3 Å². The van der Waals surface area contributed by atoms with Crippen LogP contribution in [0.2, 0.25) is 5.02 Å². The highest BCUT2D eigenvalue weighted by atomic mass is 35.5. The fourth-order valence-corrected chi connectivity index (χ4v) is 4.15. The van der Waals surface area contributed by atoms with E-state index in [1.807, 2.05) is 26.0 Å². The van der Waals surface area contributed by atoms with E-state index in [4.69, 9.17) is 21.5 Å². The lowest BCUT2D eigenvalue weighted by Gasteiger charge is -2.32. The topological polar surface area (TPSA) is 69.4 Å². The largest absolute Gasteiger partial charge is 0.491 e. The molecule has 4 nitrogen and oxygen atoms in total. The summed E-state index contributed by atoms with van der Waals surface area (Å²) in [7, 11) is -3.55. The van der Waals surface area contributed by atoms with E-state index in [1.165, 1.54) is 0 Å². The molecule has 21 heavy (non-hydrogen) atoms. The van der Waals surface area contributed by atoms with E-state index < -0.39 is 15.4 Å². The Kier molecular flexibility index (Phi) is 6.97. The van der Waals surface area contributed by atoms with Gasteiger partial charge in [0.15, 0.2) is 0 Å². The average molecular weight is 334 g/mol. The van der Waals surface area contributed by atoms with Gasteiger partial charge in [0, 0.05) is 5.41 Å². The Balaban J connectivity index is 2.92. The average Bonchev–Trinajstić information content (AvgIpc) is 2.36. The van der Waals surface area contributed by atoms with Crippen LogP contribution in [0, 0.1) is 5.41 Å². The number of para-hydroxylation sites is 1. The zero-order valence-electron chi connectivity index (χ0n) is 12.6. The van der Waals surface area contributed by atoms with Crippen LogP contribution >= 0.6 is 11.6 Å². The number of nitrogens with two attached hydrogens (primary N) is 1.